The van der Waals surface area contributed by atoms with Gasteiger partial charge in [0.25, 0.3) is 9.05 Å². The summed E-state index contributed by atoms with van der Waals surface area (Å²) in [6.45, 7) is 0.551. The zero-order valence-corrected chi connectivity index (χ0v) is 13.9. The third-order valence-corrected chi connectivity index (χ3v) is 7.86. The van der Waals surface area contributed by atoms with Gasteiger partial charge in [0.2, 0.25) is 5.91 Å². The molecule has 0 spiro atoms. The van der Waals surface area contributed by atoms with Crippen molar-refractivity contribution in [3.05, 3.63) is 17.0 Å². The normalized spacial score (nSPS) is 28.0. The molecule has 116 valence electrons. The molecule has 1 heterocycles. The molecular formula is C14H18ClNO3S2. The van der Waals surface area contributed by atoms with Crippen LogP contribution in [0.5, 0.6) is 0 Å². The van der Waals surface area contributed by atoms with Gasteiger partial charge in [-0.05, 0) is 49.7 Å². The maximum absolute atomic E-state index is 12.2. The Morgan fingerprint density at radius 2 is 2.14 bits per heavy atom. The predicted octanol–water partition coefficient (Wildman–Crippen LogP) is 2.77. The molecule has 0 aliphatic heterocycles. The second-order valence-corrected chi connectivity index (χ2v) is 9.94. The van der Waals surface area contributed by atoms with Crippen LogP contribution in [-0.2, 0) is 20.3 Å². The first kappa shape index (κ1) is 15.3. The number of hydrogen-bond donors (Lipinski definition) is 1. The molecule has 21 heavy (non-hydrogen) atoms. The van der Waals surface area contributed by atoms with Crippen LogP contribution in [0.15, 0.2) is 16.3 Å². The molecule has 1 aromatic rings. The Morgan fingerprint density at radius 3 is 2.71 bits per heavy atom. The lowest BCUT2D eigenvalue weighted by molar-refractivity contribution is -0.126. The molecular weight excluding hydrogens is 330 g/mol. The number of hydrogen-bond acceptors (Lipinski definition) is 4. The summed E-state index contributed by atoms with van der Waals surface area (Å²) >= 11 is 1.16. The molecule has 2 saturated carbocycles. The lowest BCUT2D eigenvalue weighted by Gasteiger charge is -2.20. The van der Waals surface area contributed by atoms with Gasteiger partial charge < -0.3 is 5.32 Å². The van der Waals surface area contributed by atoms with Gasteiger partial charge in [0, 0.05) is 28.0 Å². The van der Waals surface area contributed by atoms with E-state index in [4.69, 9.17) is 10.7 Å². The van der Waals surface area contributed by atoms with Crippen LogP contribution < -0.4 is 5.32 Å². The van der Waals surface area contributed by atoms with Crippen LogP contribution in [0.3, 0.4) is 0 Å². The van der Waals surface area contributed by atoms with Crippen LogP contribution in [0.4, 0.5) is 0 Å². The highest BCUT2D eigenvalue weighted by molar-refractivity contribution is 8.15. The fraction of sp³-hybridized carbons (Fsp3) is 0.643. The van der Waals surface area contributed by atoms with Crippen LogP contribution in [0.1, 0.15) is 30.6 Å². The molecule has 0 saturated heterocycles. The van der Waals surface area contributed by atoms with Crippen molar-refractivity contribution in [1.29, 1.82) is 0 Å². The average Bonchev–Trinajstić information content (AvgIpc) is 3.13. The lowest BCUT2D eigenvalue weighted by atomic mass is 9.88. The van der Waals surface area contributed by atoms with Gasteiger partial charge in [0.15, 0.2) is 0 Å². The molecule has 3 atom stereocenters. The highest BCUT2D eigenvalue weighted by Crippen LogP contribution is 2.48. The van der Waals surface area contributed by atoms with Crippen LogP contribution in [0, 0.1) is 17.8 Å². The Balaban J connectivity index is 1.48. The SMILES string of the molecule is O=C(NCCc1ccc(S(=O)(=O)Cl)s1)C1CC2CCC1C2. The fourth-order valence-corrected chi connectivity index (χ4v) is 5.75. The van der Waals surface area contributed by atoms with Gasteiger partial charge in [0.1, 0.15) is 4.21 Å². The molecule has 1 aromatic heterocycles. The van der Waals surface area contributed by atoms with E-state index in [1.165, 1.54) is 25.3 Å². The van der Waals surface area contributed by atoms with Crippen molar-refractivity contribution in [2.24, 2.45) is 17.8 Å². The molecule has 3 rings (SSSR count). The van der Waals surface area contributed by atoms with Crippen LogP contribution in [-0.4, -0.2) is 20.9 Å². The first-order valence-electron chi connectivity index (χ1n) is 7.24. The number of amides is 1. The summed E-state index contributed by atoms with van der Waals surface area (Å²) in [7, 11) is 1.65. The Bertz CT molecular complexity index is 640. The average molecular weight is 348 g/mol. The molecule has 7 heteroatoms. The van der Waals surface area contributed by atoms with Gasteiger partial charge in [-0.2, -0.15) is 0 Å². The topological polar surface area (TPSA) is 63.2 Å². The molecule has 2 aliphatic rings. The van der Waals surface area contributed by atoms with Crippen molar-refractivity contribution in [3.8, 4) is 0 Å². The number of rotatable bonds is 5. The van der Waals surface area contributed by atoms with Crippen LogP contribution >= 0.6 is 22.0 Å². The Hall–Kier alpha value is -0.590. The largest absolute Gasteiger partial charge is 0.355 e. The quantitative estimate of drug-likeness (QED) is 0.833. The summed E-state index contributed by atoms with van der Waals surface area (Å²) in [4.78, 5) is 13.1. The molecule has 2 bridgehead atoms. The summed E-state index contributed by atoms with van der Waals surface area (Å²) < 4.78 is 22.5. The minimum atomic E-state index is -3.64. The van der Waals surface area contributed by atoms with Gasteiger partial charge in [-0.3, -0.25) is 4.79 Å². The van der Waals surface area contributed by atoms with Crippen molar-refractivity contribution in [1.82, 2.24) is 5.32 Å². The zero-order valence-electron chi connectivity index (χ0n) is 11.5. The number of thiophene rings is 1. The lowest BCUT2D eigenvalue weighted by Crippen LogP contribution is -2.34. The molecule has 2 fully saturated rings. The summed E-state index contributed by atoms with van der Waals surface area (Å²) in [6, 6.07) is 3.27. The third kappa shape index (κ3) is 3.43. The summed E-state index contributed by atoms with van der Waals surface area (Å²) in [5.41, 5.74) is 0. The predicted molar refractivity (Wildman–Crippen MR) is 83.0 cm³/mol. The molecule has 4 nitrogen and oxygen atoms in total. The number of fused-ring (bicyclic) bond motifs is 2. The third-order valence-electron chi connectivity index (χ3n) is 4.62. The first-order valence-corrected chi connectivity index (χ1v) is 10.4. The van der Waals surface area contributed by atoms with Gasteiger partial charge >= 0.3 is 0 Å². The zero-order chi connectivity index (χ0) is 15.0. The van der Waals surface area contributed by atoms with Crippen molar-refractivity contribution in [2.45, 2.75) is 36.3 Å². The van der Waals surface area contributed by atoms with Crippen LogP contribution in [0.25, 0.3) is 0 Å². The Morgan fingerprint density at radius 1 is 1.33 bits per heavy atom. The van der Waals surface area contributed by atoms with E-state index >= 15 is 0 Å². The second-order valence-electron chi connectivity index (χ2n) is 5.98. The standard InChI is InChI=1S/C14H18ClNO3S2/c15-21(18,19)13-4-3-11(20-13)5-6-16-14(17)12-8-9-1-2-10(12)7-9/h3-4,9-10,12H,1-2,5-8H2,(H,16,17). The van der Waals surface area contributed by atoms with E-state index in [1.807, 2.05) is 0 Å². The van der Waals surface area contributed by atoms with E-state index < -0.39 is 9.05 Å². The minimum Gasteiger partial charge on any atom is -0.355 e. The second kappa shape index (κ2) is 5.89. The van der Waals surface area contributed by atoms with Gasteiger partial charge in [0.05, 0.1) is 0 Å². The Labute approximate surface area is 133 Å². The molecule has 0 aromatic carbocycles. The minimum absolute atomic E-state index is 0.165. The maximum Gasteiger partial charge on any atom is 0.270 e. The monoisotopic (exact) mass is 347 g/mol. The van der Waals surface area contributed by atoms with Gasteiger partial charge in [-0.15, -0.1) is 11.3 Å². The van der Waals surface area contributed by atoms with Crippen molar-refractivity contribution < 1.29 is 13.2 Å². The molecule has 1 amide bonds. The molecule has 2 aliphatic carbocycles. The van der Waals surface area contributed by atoms with E-state index in [1.54, 1.807) is 6.07 Å². The van der Waals surface area contributed by atoms with E-state index in [-0.39, 0.29) is 16.0 Å². The van der Waals surface area contributed by atoms with E-state index in [2.05, 4.69) is 5.32 Å². The first-order chi connectivity index (χ1) is 9.93. The fourth-order valence-electron chi connectivity index (χ4n) is 3.63. The molecule has 3 unspecified atom stereocenters. The Kier molecular flexibility index (Phi) is 4.30. The molecule has 0 radical (unpaired) electrons. The highest BCUT2D eigenvalue weighted by Gasteiger charge is 2.42. The summed E-state index contributed by atoms with van der Waals surface area (Å²) in [5, 5.41) is 2.99. The van der Waals surface area contributed by atoms with E-state index in [0.29, 0.717) is 18.9 Å². The highest BCUT2D eigenvalue weighted by atomic mass is 35.7. The van der Waals surface area contributed by atoms with Gasteiger partial charge in [-0.25, -0.2) is 8.42 Å². The van der Waals surface area contributed by atoms with Crippen molar-refractivity contribution >= 4 is 37.0 Å². The van der Waals surface area contributed by atoms with Crippen molar-refractivity contribution in [3.63, 3.8) is 0 Å². The number of carbonyl (C=O) groups excluding carboxylic acids is 1. The summed E-state index contributed by atoms with van der Waals surface area (Å²) in [5.74, 6) is 1.72. The summed E-state index contributed by atoms with van der Waals surface area (Å²) in [6.07, 6.45) is 5.40. The smallest absolute Gasteiger partial charge is 0.270 e. The number of carbonyl (C=O) groups is 1. The number of halogens is 1. The molecule has 1 N–H and O–H groups in total. The van der Waals surface area contributed by atoms with Gasteiger partial charge in [-0.1, -0.05) is 6.42 Å². The maximum atomic E-state index is 12.2. The van der Waals surface area contributed by atoms with Crippen LogP contribution in [0.2, 0.25) is 0 Å². The van der Waals surface area contributed by atoms with E-state index in [9.17, 15) is 13.2 Å². The number of nitrogens with one attached hydrogen (secondary N) is 1. The van der Waals surface area contributed by atoms with Crippen molar-refractivity contribution in [2.75, 3.05) is 6.54 Å². The van der Waals surface area contributed by atoms with E-state index in [0.717, 1.165) is 28.6 Å².